The minimum Gasteiger partial charge on any atom is -0.430 e. The Balaban J connectivity index is 1.72. The molecule has 0 unspecified atom stereocenters. The molecular weight excluding hydrogens is 436 g/mol. The van der Waals surface area contributed by atoms with E-state index < -0.39 is 40.9 Å². The molecule has 0 aliphatic heterocycles. The van der Waals surface area contributed by atoms with E-state index in [1.165, 1.54) is 6.08 Å². The molecule has 3 N–H and O–H groups in total. The minimum atomic E-state index is -1.67. The van der Waals surface area contributed by atoms with Gasteiger partial charge in [0.2, 0.25) is 0 Å². The summed E-state index contributed by atoms with van der Waals surface area (Å²) in [7, 11) is 0. The van der Waals surface area contributed by atoms with Crippen molar-refractivity contribution in [3.63, 3.8) is 0 Å². The molecule has 188 valence electrons. The maximum Gasteiger partial charge on any atom is 0.311 e. The summed E-state index contributed by atoms with van der Waals surface area (Å²) in [5, 5.41) is 32.4. The number of aliphatic hydroxyl groups is 3. The maximum absolute atomic E-state index is 12.8. The first-order valence-corrected chi connectivity index (χ1v) is 12.4. The summed E-state index contributed by atoms with van der Waals surface area (Å²) in [4.78, 5) is 37.9. The number of rotatable bonds is 4. The van der Waals surface area contributed by atoms with Gasteiger partial charge in [0.1, 0.15) is 18.0 Å². The normalized spacial score (nSPS) is 41.6. The number of fused-ring (bicyclic) bond motifs is 5. The van der Waals surface area contributed by atoms with E-state index in [1.807, 2.05) is 34.6 Å². The second-order valence-corrected chi connectivity index (χ2v) is 12.5. The van der Waals surface area contributed by atoms with E-state index in [-0.39, 0.29) is 48.2 Å². The van der Waals surface area contributed by atoms with Gasteiger partial charge in [-0.15, -0.1) is 0 Å². The molecule has 7 heteroatoms. The molecule has 7 atom stereocenters. The van der Waals surface area contributed by atoms with Crippen LogP contribution < -0.4 is 0 Å². The largest absolute Gasteiger partial charge is 0.430 e. The number of aliphatic hydroxyl groups excluding tert-OH is 2. The zero-order chi connectivity index (χ0) is 25.3. The van der Waals surface area contributed by atoms with Gasteiger partial charge in [0.05, 0.1) is 17.9 Å². The highest BCUT2D eigenvalue weighted by Gasteiger charge is 2.69. The number of hydrogen-bond donors (Lipinski definition) is 3. The first-order chi connectivity index (χ1) is 15.7. The molecule has 0 spiro atoms. The Hall–Kier alpha value is -1.83. The number of allylic oxidation sites excluding steroid dienone is 3. The molecule has 4 aliphatic rings. The number of Topliss-reactive ketones (excluding diaryl/α,β-unsaturated/α-hetero) is 1. The number of ether oxygens (including phenoxy) is 1. The number of ketones is 2. The highest BCUT2D eigenvalue weighted by Crippen LogP contribution is 2.68. The van der Waals surface area contributed by atoms with E-state index in [0.717, 1.165) is 5.57 Å². The lowest BCUT2D eigenvalue weighted by atomic mass is 9.45. The highest BCUT2D eigenvalue weighted by molar-refractivity contribution is 6.02. The fraction of sp³-hybridized carbons (Fsp3) is 0.741. The van der Waals surface area contributed by atoms with Gasteiger partial charge in [-0.1, -0.05) is 33.3 Å². The molecular formula is C27H38O7. The van der Waals surface area contributed by atoms with Crippen molar-refractivity contribution in [1.82, 2.24) is 0 Å². The number of hydrogen-bond acceptors (Lipinski definition) is 7. The molecule has 0 radical (unpaired) electrons. The second-order valence-electron chi connectivity index (χ2n) is 12.5. The molecule has 0 aromatic carbocycles. The van der Waals surface area contributed by atoms with Crippen molar-refractivity contribution < 1.29 is 34.4 Å². The number of carbonyl (C=O) groups excluding carboxylic acids is 3. The molecule has 0 saturated heterocycles. The quantitative estimate of drug-likeness (QED) is 0.536. The molecule has 4 rings (SSSR count). The average Bonchev–Trinajstić information content (AvgIpc) is 2.98. The van der Waals surface area contributed by atoms with Gasteiger partial charge in [-0.25, -0.2) is 0 Å². The summed E-state index contributed by atoms with van der Waals surface area (Å²) in [6, 6.07) is 0. The lowest BCUT2D eigenvalue weighted by Gasteiger charge is -2.60. The summed E-state index contributed by atoms with van der Waals surface area (Å²) in [5.41, 5.74) is -2.77. The van der Waals surface area contributed by atoms with Gasteiger partial charge in [0, 0.05) is 17.4 Å². The fourth-order valence-electron chi connectivity index (χ4n) is 7.72. The Morgan fingerprint density at radius 3 is 2.47 bits per heavy atom. The molecule has 0 aromatic heterocycles. The maximum atomic E-state index is 12.8. The molecule has 4 aliphatic carbocycles. The van der Waals surface area contributed by atoms with Crippen LogP contribution in [0.25, 0.3) is 0 Å². The van der Waals surface area contributed by atoms with Gasteiger partial charge in [-0.2, -0.15) is 0 Å². The van der Waals surface area contributed by atoms with Crippen LogP contribution in [0.5, 0.6) is 0 Å². The van der Waals surface area contributed by atoms with Gasteiger partial charge >= 0.3 is 5.97 Å². The van der Waals surface area contributed by atoms with E-state index in [1.54, 1.807) is 6.08 Å². The Morgan fingerprint density at radius 2 is 1.85 bits per heavy atom. The van der Waals surface area contributed by atoms with Crippen molar-refractivity contribution in [1.29, 1.82) is 0 Å². The van der Waals surface area contributed by atoms with Crippen LogP contribution >= 0.6 is 0 Å². The number of esters is 1. The molecule has 3 saturated carbocycles. The predicted molar refractivity (Wildman–Crippen MR) is 124 cm³/mol. The third-order valence-electron chi connectivity index (χ3n) is 9.29. The fourth-order valence-corrected chi connectivity index (χ4v) is 7.72. The van der Waals surface area contributed by atoms with Gasteiger partial charge in [-0.3, -0.25) is 14.4 Å². The Morgan fingerprint density at radius 1 is 1.18 bits per heavy atom. The summed E-state index contributed by atoms with van der Waals surface area (Å²) in [6.07, 6.45) is 4.70. The van der Waals surface area contributed by atoms with Crippen LogP contribution in [-0.4, -0.2) is 51.2 Å². The van der Waals surface area contributed by atoms with E-state index in [4.69, 9.17) is 4.74 Å². The Kier molecular flexibility index (Phi) is 6.02. The summed E-state index contributed by atoms with van der Waals surface area (Å²) >= 11 is 0. The van der Waals surface area contributed by atoms with Crippen molar-refractivity contribution in [2.75, 3.05) is 6.61 Å². The van der Waals surface area contributed by atoms with Crippen LogP contribution in [0.2, 0.25) is 0 Å². The van der Waals surface area contributed by atoms with Gasteiger partial charge < -0.3 is 20.1 Å². The summed E-state index contributed by atoms with van der Waals surface area (Å²) in [6.45, 7) is 8.91. The smallest absolute Gasteiger partial charge is 0.311 e. The molecule has 0 aromatic rings. The van der Waals surface area contributed by atoms with E-state index in [0.29, 0.717) is 25.0 Å². The zero-order valence-electron chi connectivity index (χ0n) is 20.9. The van der Waals surface area contributed by atoms with Crippen LogP contribution in [-0.2, 0) is 19.1 Å². The third-order valence-corrected chi connectivity index (χ3v) is 9.29. The molecule has 0 bridgehead atoms. The van der Waals surface area contributed by atoms with Crippen molar-refractivity contribution >= 4 is 17.5 Å². The van der Waals surface area contributed by atoms with Crippen LogP contribution in [0, 0.1) is 34.0 Å². The standard InChI is InChI=1S/C27H38O7/c1-24(2,3)13-22(32)34-21-11-16(29)10-15-6-7-17-18-8-9-27(33,20(31)14-28)25(18,4)12-19(30)23(17)26(15,21)5/h10-11,17-19,23,28,30,33H,6-9,12-14H2,1-5H3/t17-,18-,19-,23+,25-,26+,27-/m0/s1. The van der Waals surface area contributed by atoms with E-state index >= 15 is 0 Å². The van der Waals surface area contributed by atoms with E-state index in [9.17, 15) is 29.7 Å². The predicted octanol–water partition coefficient (Wildman–Crippen LogP) is 2.86. The van der Waals surface area contributed by atoms with Crippen molar-refractivity contribution in [3.8, 4) is 0 Å². The van der Waals surface area contributed by atoms with Gasteiger partial charge in [-0.05, 0) is 62.4 Å². The van der Waals surface area contributed by atoms with Gasteiger partial charge in [0.15, 0.2) is 11.6 Å². The SMILES string of the molecule is CC(C)(C)CC(=O)OC1=CC(=O)C=C2CC[C@@H]3[C@H]([C@@H](O)C[C@@]4(C)[C@H]3CC[C@]4(O)C(=O)CO)[C@]21C. The Labute approximate surface area is 201 Å². The third kappa shape index (κ3) is 3.62. The van der Waals surface area contributed by atoms with E-state index in [2.05, 4.69) is 0 Å². The molecule has 34 heavy (non-hydrogen) atoms. The topological polar surface area (TPSA) is 121 Å². The van der Waals surface area contributed by atoms with Crippen LogP contribution in [0.15, 0.2) is 23.5 Å². The van der Waals surface area contributed by atoms with Crippen molar-refractivity contribution in [2.24, 2.45) is 34.0 Å². The number of carbonyl (C=O) groups is 3. The lowest BCUT2D eigenvalue weighted by Crippen LogP contribution is -2.62. The summed E-state index contributed by atoms with van der Waals surface area (Å²) < 4.78 is 5.85. The van der Waals surface area contributed by atoms with Crippen molar-refractivity contribution in [3.05, 3.63) is 23.5 Å². The van der Waals surface area contributed by atoms with Crippen LogP contribution in [0.4, 0.5) is 0 Å². The molecule has 0 amide bonds. The average molecular weight is 475 g/mol. The summed E-state index contributed by atoms with van der Waals surface area (Å²) in [5.74, 6) is -1.32. The van der Waals surface area contributed by atoms with Crippen molar-refractivity contribution in [2.45, 2.75) is 84.8 Å². The Bertz CT molecular complexity index is 972. The van der Waals surface area contributed by atoms with Gasteiger partial charge in [0.25, 0.3) is 0 Å². The lowest BCUT2D eigenvalue weighted by molar-refractivity contribution is -0.182. The molecule has 0 heterocycles. The second kappa shape index (κ2) is 8.10. The minimum absolute atomic E-state index is 0.0330. The molecule has 3 fully saturated rings. The van der Waals surface area contributed by atoms with Crippen LogP contribution in [0.1, 0.15) is 73.1 Å². The monoisotopic (exact) mass is 474 g/mol. The zero-order valence-corrected chi connectivity index (χ0v) is 20.9. The highest BCUT2D eigenvalue weighted by atomic mass is 16.5. The first kappa shape index (κ1) is 25.3. The molecule has 7 nitrogen and oxygen atoms in total. The first-order valence-electron chi connectivity index (χ1n) is 12.4. The van der Waals surface area contributed by atoms with Crippen LogP contribution in [0.3, 0.4) is 0 Å².